The van der Waals surface area contributed by atoms with Crippen LogP contribution in [0.25, 0.3) is 0 Å². The number of nitrogens with one attached hydrogen (secondary N) is 3. The van der Waals surface area contributed by atoms with E-state index in [-0.39, 0.29) is 12.1 Å². The summed E-state index contributed by atoms with van der Waals surface area (Å²) in [5.41, 5.74) is 0.495. The molecule has 0 aliphatic carbocycles. The molecule has 0 fully saturated rings. The van der Waals surface area contributed by atoms with Gasteiger partial charge < -0.3 is 15.2 Å². The summed E-state index contributed by atoms with van der Waals surface area (Å²) in [6.45, 7) is 2.89. The van der Waals surface area contributed by atoms with Crippen molar-refractivity contribution in [3.63, 3.8) is 0 Å². The quantitative estimate of drug-likeness (QED) is 0.591. The fourth-order valence-electron chi connectivity index (χ4n) is 1.80. The maximum Gasteiger partial charge on any atom is 0.340 e. The monoisotopic (exact) mass is 278 g/mol. The molecule has 20 heavy (non-hydrogen) atoms. The second kappa shape index (κ2) is 6.76. The molecular formula is C13H18N4O3. The zero-order valence-corrected chi connectivity index (χ0v) is 11.2. The van der Waals surface area contributed by atoms with Gasteiger partial charge in [0.2, 0.25) is 0 Å². The predicted octanol–water partition coefficient (Wildman–Crippen LogP) is 0.512. The number of anilines is 1. The maximum absolute atomic E-state index is 10.9. The summed E-state index contributed by atoms with van der Waals surface area (Å²) in [6, 6.07) is 7.52. The number of ether oxygens (including phenoxy) is 1. The fourth-order valence-corrected chi connectivity index (χ4v) is 1.80. The van der Waals surface area contributed by atoms with E-state index in [1.54, 1.807) is 0 Å². The number of H-pyrrole nitrogens is 2. The van der Waals surface area contributed by atoms with Crippen molar-refractivity contribution in [3.05, 3.63) is 40.6 Å². The molecule has 0 spiro atoms. The molecule has 7 heteroatoms. The van der Waals surface area contributed by atoms with E-state index < -0.39 is 6.10 Å². The van der Waals surface area contributed by atoms with Gasteiger partial charge in [-0.1, -0.05) is 6.07 Å². The van der Waals surface area contributed by atoms with E-state index in [0.29, 0.717) is 19.0 Å². The number of aliphatic hydroxyl groups is 1. The lowest BCUT2D eigenvalue weighted by molar-refractivity contribution is 0.185. The van der Waals surface area contributed by atoms with Crippen LogP contribution in [-0.4, -0.2) is 39.5 Å². The highest BCUT2D eigenvalue weighted by molar-refractivity contribution is 5.48. The molecule has 7 nitrogen and oxygen atoms in total. The Balaban J connectivity index is 1.84. The second-order valence-corrected chi connectivity index (χ2v) is 4.32. The Hall–Kier alpha value is -2.28. The van der Waals surface area contributed by atoms with Gasteiger partial charge in [0.1, 0.15) is 11.6 Å². The van der Waals surface area contributed by atoms with Crippen molar-refractivity contribution in [1.82, 2.24) is 15.2 Å². The van der Waals surface area contributed by atoms with Crippen LogP contribution in [0.15, 0.2) is 29.1 Å². The van der Waals surface area contributed by atoms with Gasteiger partial charge in [-0.05, 0) is 19.1 Å². The molecule has 1 aromatic heterocycles. The lowest BCUT2D eigenvalue weighted by Gasteiger charge is -2.12. The zero-order valence-electron chi connectivity index (χ0n) is 11.2. The van der Waals surface area contributed by atoms with Gasteiger partial charge in [-0.25, -0.2) is 9.89 Å². The summed E-state index contributed by atoms with van der Waals surface area (Å²) in [7, 11) is 0. The lowest BCUT2D eigenvalue weighted by Crippen LogP contribution is -2.22. The molecule has 4 N–H and O–H groups in total. The van der Waals surface area contributed by atoms with Crippen LogP contribution in [-0.2, 0) is 6.42 Å². The van der Waals surface area contributed by atoms with E-state index >= 15 is 0 Å². The molecule has 0 bridgehead atoms. The third kappa shape index (κ3) is 4.13. The minimum absolute atomic E-state index is 0.275. The molecule has 108 valence electrons. The van der Waals surface area contributed by atoms with Crippen molar-refractivity contribution in [3.8, 4) is 5.75 Å². The number of aromatic nitrogens is 3. The van der Waals surface area contributed by atoms with Gasteiger partial charge in [-0.3, -0.25) is 4.98 Å². The molecule has 1 unspecified atom stereocenters. The Morgan fingerprint density at radius 1 is 1.50 bits per heavy atom. The van der Waals surface area contributed by atoms with Crippen LogP contribution in [0.3, 0.4) is 0 Å². The molecule has 0 saturated carbocycles. The van der Waals surface area contributed by atoms with Crippen LogP contribution in [0, 0.1) is 0 Å². The molecule has 1 atom stereocenters. The number of nitrogens with zero attached hydrogens (tertiary/aromatic N) is 1. The SMILES string of the molecule is CCOc1cccc(NCC(O)Cc2n[nH]c(=O)[nH]2)c1. The summed E-state index contributed by atoms with van der Waals surface area (Å²) in [5.74, 6) is 1.22. The van der Waals surface area contributed by atoms with Gasteiger partial charge in [0, 0.05) is 24.7 Å². The summed E-state index contributed by atoms with van der Waals surface area (Å²) in [5, 5.41) is 19.0. The normalized spacial score (nSPS) is 12.1. The lowest BCUT2D eigenvalue weighted by atomic mass is 10.2. The first-order valence-electron chi connectivity index (χ1n) is 6.45. The molecule has 1 heterocycles. The Morgan fingerprint density at radius 2 is 2.35 bits per heavy atom. The highest BCUT2D eigenvalue weighted by Gasteiger charge is 2.08. The van der Waals surface area contributed by atoms with Gasteiger partial charge in [0.15, 0.2) is 0 Å². The molecule has 0 aliphatic rings. The number of hydrogen-bond acceptors (Lipinski definition) is 5. The highest BCUT2D eigenvalue weighted by Crippen LogP contribution is 2.17. The smallest absolute Gasteiger partial charge is 0.340 e. The first kappa shape index (κ1) is 14.1. The van der Waals surface area contributed by atoms with Crippen molar-refractivity contribution in [1.29, 1.82) is 0 Å². The number of hydrogen-bond donors (Lipinski definition) is 4. The Morgan fingerprint density at radius 3 is 3.05 bits per heavy atom. The van der Waals surface area contributed by atoms with E-state index in [2.05, 4.69) is 20.5 Å². The first-order valence-corrected chi connectivity index (χ1v) is 6.45. The van der Waals surface area contributed by atoms with Crippen molar-refractivity contribution >= 4 is 5.69 Å². The van der Waals surface area contributed by atoms with E-state index in [4.69, 9.17) is 4.74 Å². The minimum Gasteiger partial charge on any atom is -0.494 e. The molecule has 2 aromatic rings. The largest absolute Gasteiger partial charge is 0.494 e. The number of rotatable bonds is 7. The molecule has 2 rings (SSSR count). The van der Waals surface area contributed by atoms with Crippen LogP contribution in [0.1, 0.15) is 12.7 Å². The van der Waals surface area contributed by atoms with Crippen LogP contribution < -0.4 is 15.7 Å². The summed E-state index contributed by atoms with van der Waals surface area (Å²) in [4.78, 5) is 13.4. The predicted molar refractivity (Wildman–Crippen MR) is 75.0 cm³/mol. The van der Waals surface area contributed by atoms with Crippen molar-refractivity contribution in [2.75, 3.05) is 18.5 Å². The molecule has 0 saturated heterocycles. The Bertz CT molecular complexity index is 593. The second-order valence-electron chi connectivity index (χ2n) is 4.32. The standard InChI is InChI=1S/C13H18N4O3/c1-2-20-11-5-3-4-9(6-11)14-8-10(18)7-12-15-13(19)17-16-12/h3-6,10,14,18H,2,7-8H2,1H3,(H2,15,16,17,19). The summed E-state index contributed by atoms with van der Waals surface area (Å²) >= 11 is 0. The Kier molecular flexibility index (Phi) is 4.78. The molecule has 0 aliphatic heterocycles. The van der Waals surface area contributed by atoms with E-state index in [1.807, 2.05) is 31.2 Å². The van der Waals surface area contributed by atoms with Crippen molar-refractivity contribution in [2.45, 2.75) is 19.4 Å². The first-order chi connectivity index (χ1) is 9.67. The number of aromatic amines is 2. The minimum atomic E-state index is -0.648. The summed E-state index contributed by atoms with van der Waals surface area (Å²) < 4.78 is 5.40. The van der Waals surface area contributed by atoms with E-state index in [9.17, 15) is 9.90 Å². The Labute approximate surface area is 116 Å². The highest BCUT2D eigenvalue weighted by atomic mass is 16.5. The van der Waals surface area contributed by atoms with E-state index in [1.165, 1.54) is 0 Å². The summed E-state index contributed by atoms with van der Waals surface area (Å²) in [6.07, 6.45) is -0.374. The average Bonchev–Trinajstić information content (AvgIpc) is 2.83. The molecule has 0 radical (unpaired) electrons. The molecule has 1 aromatic carbocycles. The van der Waals surface area contributed by atoms with Crippen LogP contribution in [0.4, 0.5) is 5.69 Å². The topological polar surface area (TPSA) is 103 Å². The van der Waals surface area contributed by atoms with Gasteiger partial charge in [0.25, 0.3) is 0 Å². The molecular weight excluding hydrogens is 260 g/mol. The van der Waals surface area contributed by atoms with Crippen LogP contribution in [0.5, 0.6) is 5.75 Å². The van der Waals surface area contributed by atoms with E-state index in [0.717, 1.165) is 11.4 Å². The van der Waals surface area contributed by atoms with Gasteiger partial charge in [-0.2, -0.15) is 5.10 Å². The van der Waals surface area contributed by atoms with Gasteiger partial charge >= 0.3 is 5.69 Å². The maximum atomic E-state index is 10.9. The third-order valence-corrected chi connectivity index (χ3v) is 2.67. The van der Waals surface area contributed by atoms with Crippen molar-refractivity contribution < 1.29 is 9.84 Å². The zero-order chi connectivity index (χ0) is 14.4. The van der Waals surface area contributed by atoms with Crippen molar-refractivity contribution in [2.24, 2.45) is 0 Å². The third-order valence-electron chi connectivity index (χ3n) is 2.67. The van der Waals surface area contributed by atoms with Gasteiger partial charge in [0.05, 0.1) is 12.7 Å². The fraction of sp³-hybridized carbons (Fsp3) is 0.385. The average molecular weight is 278 g/mol. The number of benzene rings is 1. The molecule has 0 amide bonds. The van der Waals surface area contributed by atoms with Crippen LogP contribution >= 0.6 is 0 Å². The van der Waals surface area contributed by atoms with Crippen LogP contribution in [0.2, 0.25) is 0 Å². The number of aliphatic hydroxyl groups excluding tert-OH is 1. The van der Waals surface area contributed by atoms with Gasteiger partial charge in [-0.15, -0.1) is 0 Å².